The summed E-state index contributed by atoms with van der Waals surface area (Å²) < 4.78 is 13.9. The van der Waals surface area contributed by atoms with Gasteiger partial charge in [0.1, 0.15) is 12.4 Å². The van der Waals surface area contributed by atoms with Crippen LogP contribution in [0.3, 0.4) is 0 Å². The van der Waals surface area contributed by atoms with E-state index in [1.54, 1.807) is 11.0 Å². The molecule has 0 atom stereocenters. The average molecular weight is 437 g/mol. The zero-order chi connectivity index (χ0) is 21.6. The van der Waals surface area contributed by atoms with Gasteiger partial charge in [0.15, 0.2) is 5.54 Å². The predicted molar refractivity (Wildman–Crippen MR) is 109 cm³/mol. The van der Waals surface area contributed by atoms with E-state index >= 15 is 0 Å². The Morgan fingerprint density at radius 2 is 1.90 bits per heavy atom. The molecule has 1 aliphatic carbocycles. The molecule has 2 aliphatic heterocycles. The van der Waals surface area contributed by atoms with Gasteiger partial charge in [-0.05, 0) is 49.3 Å². The van der Waals surface area contributed by atoms with Crippen molar-refractivity contribution in [2.45, 2.75) is 50.7 Å². The molecule has 2 saturated heterocycles. The molecule has 9 heteroatoms. The third-order valence-corrected chi connectivity index (χ3v) is 7.06. The molecule has 1 aromatic rings. The lowest BCUT2D eigenvalue weighted by Gasteiger charge is -2.58. The van der Waals surface area contributed by atoms with Crippen molar-refractivity contribution in [3.05, 3.63) is 34.6 Å². The Kier molecular flexibility index (Phi) is 5.38. The number of carbonyl (C=O) groups is 3. The summed E-state index contributed by atoms with van der Waals surface area (Å²) in [5, 5.41) is -0.00393. The first-order chi connectivity index (χ1) is 14.2. The van der Waals surface area contributed by atoms with Gasteiger partial charge in [-0.15, -0.1) is 0 Å². The first kappa shape index (κ1) is 20.9. The van der Waals surface area contributed by atoms with Gasteiger partial charge in [-0.2, -0.15) is 0 Å². The highest BCUT2D eigenvalue weighted by Crippen LogP contribution is 2.38. The molecule has 3 aliphatic rings. The summed E-state index contributed by atoms with van der Waals surface area (Å²) in [4.78, 5) is 42.9. The van der Waals surface area contributed by atoms with Crippen molar-refractivity contribution in [3.63, 3.8) is 0 Å². The highest BCUT2D eigenvalue weighted by Gasteiger charge is 2.61. The Morgan fingerprint density at radius 1 is 1.23 bits per heavy atom. The van der Waals surface area contributed by atoms with E-state index in [0.717, 1.165) is 25.7 Å². The number of likely N-dealkylation sites (tertiary alicyclic amines) is 1. The number of benzene rings is 1. The monoisotopic (exact) mass is 436 g/mol. The van der Waals surface area contributed by atoms with Gasteiger partial charge < -0.3 is 20.4 Å². The van der Waals surface area contributed by atoms with Gasteiger partial charge in [0.05, 0.1) is 18.1 Å². The van der Waals surface area contributed by atoms with Gasteiger partial charge in [-0.3, -0.25) is 9.59 Å². The number of primary amides is 1. The molecule has 30 heavy (non-hydrogen) atoms. The van der Waals surface area contributed by atoms with Crippen LogP contribution in [0.15, 0.2) is 18.2 Å². The van der Waals surface area contributed by atoms with Crippen molar-refractivity contribution in [3.8, 4) is 0 Å². The molecular formula is C21H26ClFN4O3. The van der Waals surface area contributed by atoms with Crippen molar-refractivity contribution in [2.24, 2.45) is 11.7 Å². The van der Waals surface area contributed by atoms with Gasteiger partial charge in [-0.25, -0.2) is 9.18 Å². The second kappa shape index (κ2) is 7.72. The number of nitrogens with zero attached hydrogens (tertiary/aromatic N) is 3. The predicted octanol–water partition coefficient (Wildman–Crippen LogP) is 2.36. The Labute approximate surface area is 179 Å². The van der Waals surface area contributed by atoms with Crippen LogP contribution in [-0.4, -0.2) is 63.8 Å². The van der Waals surface area contributed by atoms with Gasteiger partial charge >= 0.3 is 6.03 Å². The standard InChI is InChI=1S/C21H26ClFN4O3/c1-13-2-5-15(6-3-13)26-10-18(28)27(9-14-4-7-16(22)17(23)8-14)21(19(26)29)11-25(12-21)20(24)30/h4,7-8,13,15H,2-3,5-6,9-12H2,1H3,(H2,24,30). The molecule has 0 radical (unpaired) electrons. The maximum absolute atomic E-state index is 13.9. The smallest absolute Gasteiger partial charge is 0.314 e. The molecule has 4 amide bonds. The summed E-state index contributed by atoms with van der Waals surface area (Å²) in [5.74, 6) is -0.304. The van der Waals surface area contributed by atoms with Crippen molar-refractivity contribution in [2.75, 3.05) is 19.6 Å². The highest BCUT2D eigenvalue weighted by atomic mass is 35.5. The van der Waals surface area contributed by atoms with Crippen LogP contribution in [0.4, 0.5) is 9.18 Å². The van der Waals surface area contributed by atoms with Crippen LogP contribution in [-0.2, 0) is 16.1 Å². The Bertz CT molecular complexity index is 881. The quantitative estimate of drug-likeness (QED) is 0.789. The average Bonchev–Trinajstić information content (AvgIpc) is 2.66. The number of piperazine rings is 1. The molecule has 0 unspecified atom stereocenters. The maximum atomic E-state index is 13.9. The summed E-state index contributed by atoms with van der Waals surface area (Å²) >= 11 is 5.76. The molecule has 7 nitrogen and oxygen atoms in total. The minimum absolute atomic E-state index is 0.00393. The van der Waals surface area contributed by atoms with E-state index < -0.39 is 17.4 Å². The fourth-order valence-electron chi connectivity index (χ4n) is 4.88. The van der Waals surface area contributed by atoms with Crippen LogP contribution in [0, 0.1) is 11.7 Å². The third-order valence-electron chi connectivity index (χ3n) is 6.75. The zero-order valence-electron chi connectivity index (χ0n) is 16.9. The molecule has 1 aromatic carbocycles. The van der Waals surface area contributed by atoms with Gasteiger partial charge in [0, 0.05) is 12.6 Å². The molecule has 1 saturated carbocycles. The van der Waals surface area contributed by atoms with E-state index in [0.29, 0.717) is 11.5 Å². The summed E-state index contributed by atoms with van der Waals surface area (Å²) in [5.41, 5.74) is 4.78. The van der Waals surface area contributed by atoms with Crippen LogP contribution in [0.2, 0.25) is 5.02 Å². The summed E-state index contributed by atoms with van der Waals surface area (Å²) in [6.45, 7) is 2.39. The van der Waals surface area contributed by atoms with Gasteiger partial charge in [0.25, 0.3) is 5.91 Å². The van der Waals surface area contributed by atoms with Crippen molar-refractivity contribution >= 4 is 29.4 Å². The first-order valence-corrected chi connectivity index (χ1v) is 10.7. The summed E-state index contributed by atoms with van der Waals surface area (Å²) in [6, 6.07) is 3.75. The highest BCUT2D eigenvalue weighted by molar-refractivity contribution is 6.30. The lowest BCUT2D eigenvalue weighted by Crippen LogP contribution is -2.82. The number of amides is 4. The lowest BCUT2D eigenvalue weighted by molar-refractivity contribution is -0.179. The fourth-order valence-corrected chi connectivity index (χ4v) is 5.00. The Morgan fingerprint density at radius 3 is 2.50 bits per heavy atom. The zero-order valence-corrected chi connectivity index (χ0v) is 17.7. The number of nitrogens with two attached hydrogens (primary N) is 1. The van der Waals surface area contributed by atoms with E-state index in [1.165, 1.54) is 21.9 Å². The van der Waals surface area contributed by atoms with Gasteiger partial charge in [-0.1, -0.05) is 24.6 Å². The minimum Gasteiger partial charge on any atom is -0.351 e. The van der Waals surface area contributed by atoms with E-state index in [9.17, 15) is 18.8 Å². The van der Waals surface area contributed by atoms with Crippen LogP contribution >= 0.6 is 11.6 Å². The number of halogens is 2. The van der Waals surface area contributed by atoms with E-state index in [2.05, 4.69) is 6.92 Å². The van der Waals surface area contributed by atoms with E-state index in [-0.39, 0.29) is 49.1 Å². The molecule has 2 heterocycles. The molecule has 3 fully saturated rings. The van der Waals surface area contributed by atoms with E-state index in [4.69, 9.17) is 17.3 Å². The van der Waals surface area contributed by atoms with Crippen molar-refractivity contribution < 1.29 is 18.8 Å². The lowest BCUT2D eigenvalue weighted by atomic mass is 9.80. The van der Waals surface area contributed by atoms with Crippen LogP contribution < -0.4 is 5.73 Å². The second-order valence-corrected chi connectivity index (χ2v) is 9.21. The first-order valence-electron chi connectivity index (χ1n) is 10.3. The SMILES string of the molecule is CC1CCC(N2CC(=O)N(Cc3ccc(Cl)c(F)c3)C3(CN(C(N)=O)C3)C2=O)CC1. The summed E-state index contributed by atoms with van der Waals surface area (Å²) in [6.07, 6.45) is 3.80. The molecule has 1 spiro atoms. The normalized spacial score (nSPS) is 26.2. The topological polar surface area (TPSA) is 86.9 Å². The van der Waals surface area contributed by atoms with Gasteiger partial charge in [0.2, 0.25) is 5.91 Å². The number of urea groups is 1. The number of hydrogen-bond acceptors (Lipinski definition) is 3. The molecular weight excluding hydrogens is 411 g/mol. The van der Waals surface area contributed by atoms with Crippen molar-refractivity contribution in [1.82, 2.24) is 14.7 Å². The number of rotatable bonds is 3. The Balaban J connectivity index is 1.61. The molecule has 162 valence electrons. The second-order valence-electron chi connectivity index (χ2n) is 8.80. The minimum atomic E-state index is -1.15. The summed E-state index contributed by atoms with van der Waals surface area (Å²) in [7, 11) is 0. The Hall–Kier alpha value is -2.35. The maximum Gasteiger partial charge on any atom is 0.314 e. The third kappa shape index (κ3) is 3.51. The van der Waals surface area contributed by atoms with Crippen LogP contribution in [0.25, 0.3) is 0 Å². The molecule has 0 bridgehead atoms. The fraction of sp³-hybridized carbons (Fsp3) is 0.571. The van der Waals surface area contributed by atoms with Crippen LogP contribution in [0.5, 0.6) is 0 Å². The van der Waals surface area contributed by atoms with Crippen molar-refractivity contribution in [1.29, 1.82) is 0 Å². The molecule has 2 N–H and O–H groups in total. The molecule has 0 aromatic heterocycles. The molecule has 4 rings (SSSR count). The number of hydrogen-bond donors (Lipinski definition) is 1. The largest absolute Gasteiger partial charge is 0.351 e. The van der Waals surface area contributed by atoms with E-state index in [1.807, 2.05) is 0 Å². The number of carbonyl (C=O) groups excluding carboxylic acids is 3. The van der Waals surface area contributed by atoms with Crippen LogP contribution in [0.1, 0.15) is 38.2 Å².